The van der Waals surface area contributed by atoms with Gasteiger partial charge in [-0.15, -0.1) is 0 Å². The first kappa shape index (κ1) is 19.1. The monoisotopic (exact) mass is 386 g/mol. The molecule has 0 aliphatic carbocycles. The van der Waals surface area contributed by atoms with Gasteiger partial charge in [0, 0.05) is 35.9 Å². The molecule has 1 N–H and O–H groups in total. The molecule has 0 fully saturated rings. The number of hydrogen-bond donors (Lipinski definition) is 1. The van der Waals surface area contributed by atoms with Crippen LogP contribution in [0.5, 0.6) is 11.6 Å². The fraction of sp³-hybridized carbons (Fsp3) is 0.190. The fourth-order valence-corrected chi connectivity index (χ4v) is 2.65. The van der Waals surface area contributed by atoms with Gasteiger partial charge in [-0.1, -0.05) is 29.8 Å². The average Bonchev–Trinajstić information content (AvgIpc) is 2.69. The molecule has 2 aromatic carbocycles. The van der Waals surface area contributed by atoms with Crippen LogP contribution in [0.1, 0.15) is 11.1 Å². The van der Waals surface area contributed by atoms with E-state index in [1.165, 1.54) is 12.1 Å². The van der Waals surface area contributed by atoms with Crippen molar-refractivity contribution in [1.82, 2.24) is 10.3 Å². The largest absolute Gasteiger partial charge is 0.489 e. The standard InChI is InChI=1S/C21H20ClFN2O2/c22-18-6-9-20(27-15-16-4-7-19(23)8-5-16)17(13-18)14-24-11-12-26-21-3-1-2-10-25-21/h1-10,13,24H,11-12,14-15H2. The number of aromatic nitrogens is 1. The van der Waals surface area contributed by atoms with E-state index in [0.717, 1.165) is 16.9 Å². The summed E-state index contributed by atoms with van der Waals surface area (Å²) >= 11 is 6.11. The summed E-state index contributed by atoms with van der Waals surface area (Å²) in [5, 5.41) is 3.95. The second-order valence-corrected chi connectivity index (χ2v) is 6.30. The predicted octanol–water partition coefficient (Wildman–Crippen LogP) is 4.62. The normalized spacial score (nSPS) is 10.6. The maximum atomic E-state index is 13.0. The van der Waals surface area contributed by atoms with Gasteiger partial charge in [-0.25, -0.2) is 9.37 Å². The van der Waals surface area contributed by atoms with E-state index >= 15 is 0 Å². The van der Waals surface area contributed by atoms with Crippen LogP contribution >= 0.6 is 11.6 Å². The molecular formula is C21H20ClFN2O2. The molecule has 3 rings (SSSR count). The van der Waals surface area contributed by atoms with Crippen molar-refractivity contribution in [3.8, 4) is 11.6 Å². The average molecular weight is 387 g/mol. The first-order valence-electron chi connectivity index (χ1n) is 8.61. The van der Waals surface area contributed by atoms with E-state index in [2.05, 4.69) is 10.3 Å². The molecule has 27 heavy (non-hydrogen) atoms. The zero-order valence-corrected chi connectivity index (χ0v) is 15.5. The first-order chi connectivity index (χ1) is 13.2. The van der Waals surface area contributed by atoms with Crippen molar-refractivity contribution in [2.45, 2.75) is 13.2 Å². The highest BCUT2D eigenvalue weighted by Crippen LogP contribution is 2.24. The first-order valence-corrected chi connectivity index (χ1v) is 8.99. The molecule has 0 radical (unpaired) electrons. The molecule has 140 valence electrons. The Morgan fingerprint density at radius 3 is 2.63 bits per heavy atom. The van der Waals surface area contributed by atoms with Gasteiger partial charge in [0.1, 0.15) is 24.8 Å². The van der Waals surface area contributed by atoms with Crippen molar-refractivity contribution in [2.24, 2.45) is 0 Å². The predicted molar refractivity (Wildman–Crippen MR) is 104 cm³/mol. The summed E-state index contributed by atoms with van der Waals surface area (Å²) in [6, 6.07) is 17.3. The SMILES string of the molecule is Fc1ccc(COc2ccc(Cl)cc2CNCCOc2ccccn2)cc1. The van der Waals surface area contributed by atoms with Crippen LogP contribution in [0, 0.1) is 5.82 Å². The van der Waals surface area contributed by atoms with Crippen molar-refractivity contribution in [1.29, 1.82) is 0 Å². The van der Waals surface area contributed by atoms with Crippen LogP contribution in [0.2, 0.25) is 5.02 Å². The maximum absolute atomic E-state index is 13.0. The van der Waals surface area contributed by atoms with Crippen LogP contribution in [-0.2, 0) is 13.2 Å². The summed E-state index contributed by atoms with van der Waals surface area (Å²) in [6.45, 7) is 2.10. The molecule has 0 amide bonds. The fourth-order valence-electron chi connectivity index (χ4n) is 2.45. The van der Waals surface area contributed by atoms with Gasteiger partial charge in [-0.3, -0.25) is 0 Å². The molecule has 0 saturated carbocycles. The Labute approximate surface area is 162 Å². The summed E-state index contributed by atoms with van der Waals surface area (Å²) in [5.41, 5.74) is 1.84. The second kappa shape index (κ2) is 9.90. The van der Waals surface area contributed by atoms with Gasteiger partial charge in [-0.05, 0) is 42.0 Å². The number of benzene rings is 2. The maximum Gasteiger partial charge on any atom is 0.213 e. The molecule has 0 saturated heterocycles. The lowest BCUT2D eigenvalue weighted by atomic mass is 10.2. The van der Waals surface area contributed by atoms with Gasteiger partial charge in [0.15, 0.2) is 0 Å². The molecule has 4 nitrogen and oxygen atoms in total. The van der Waals surface area contributed by atoms with Crippen LogP contribution in [0.4, 0.5) is 4.39 Å². The van der Waals surface area contributed by atoms with Gasteiger partial charge >= 0.3 is 0 Å². The number of halogens is 2. The third-order valence-electron chi connectivity index (χ3n) is 3.81. The third-order valence-corrected chi connectivity index (χ3v) is 4.05. The van der Waals surface area contributed by atoms with Gasteiger partial charge in [0.25, 0.3) is 0 Å². The summed E-state index contributed by atoms with van der Waals surface area (Å²) in [5.74, 6) is 1.08. The Hall–Kier alpha value is -2.63. The minimum absolute atomic E-state index is 0.261. The minimum atomic E-state index is -0.261. The number of nitrogens with zero attached hydrogens (tertiary/aromatic N) is 1. The molecular weight excluding hydrogens is 367 g/mol. The van der Waals surface area contributed by atoms with Crippen molar-refractivity contribution in [3.05, 3.63) is 88.8 Å². The van der Waals surface area contributed by atoms with E-state index in [9.17, 15) is 4.39 Å². The highest BCUT2D eigenvalue weighted by molar-refractivity contribution is 6.30. The Kier molecular flexibility index (Phi) is 7.02. The van der Waals surface area contributed by atoms with Crippen molar-refractivity contribution in [2.75, 3.05) is 13.2 Å². The van der Waals surface area contributed by atoms with E-state index in [0.29, 0.717) is 37.2 Å². The Bertz CT molecular complexity index is 845. The van der Waals surface area contributed by atoms with Crippen LogP contribution < -0.4 is 14.8 Å². The Morgan fingerprint density at radius 1 is 1.00 bits per heavy atom. The summed E-state index contributed by atoms with van der Waals surface area (Å²) in [4.78, 5) is 4.11. The van der Waals surface area contributed by atoms with Crippen molar-refractivity contribution >= 4 is 11.6 Å². The molecule has 0 atom stereocenters. The van der Waals surface area contributed by atoms with Gasteiger partial charge < -0.3 is 14.8 Å². The van der Waals surface area contributed by atoms with E-state index in [-0.39, 0.29) is 5.82 Å². The molecule has 0 bridgehead atoms. The van der Waals surface area contributed by atoms with E-state index in [1.807, 2.05) is 30.3 Å². The minimum Gasteiger partial charge on any atom is -0.489 e. The molecule has 1 aromatic heterocycles. The summed E-state index contributed by atoms with van der Waals surface area (Å²) in [7, 11) is 0. The molecule has 1 heterocycles. The lowest BCUT2D eigenvalue weighted by Gasteiger charge is -2.13. The summed E-state index contributed by atoms with van der Waals surface area (Å²) < 4.78 is 24.4. The zero-order valence-electron chi connectivity index (χ0n) is 14.7. The third kappa shape index (κ3) is 6.24. The molecule has 0 aliphatic rings. The highest BCUT2D eigenvalue weighted by Gasteiger charge is 2.06. The van der Waals surface area contributed by atoms with E-state index < -0.39 is 0 Å². The van der Waals surface area contributed by atoms with Gasteiger partial charge in [0.2, 0.25) is 5.88 Å². The molecule has 3 aromatic rings. The van der Waals surface area contributed by atoms with E-state index in [4.69, 9.17) is 21.1 Å². The summed E-state index contributed by atoms with van der Waals surface area (Å²) in [6.07, 6.45) is 1.69. The number of ether oxygens (including phenoxy) is 2. The van der Waals surface area contributed by atoms with Crippen molar-refractivity contribution in [3.63, 3.8) is 0 Å². The highest BCUT2D eigenvalue weighted by atomic mass is 35.5. The van der Waals surface area contributed by atoms with Crippen LogP contribution in [0.25, 0.3) is 0 Å². The topological polar surface area (TPSA) is 43.4 Å². The molecule has 0 unspecified atom stereocenters. The van der Waals surface area contributed by atoms with Crippen LogP contribution in [0.15, 0.2) is 66.9 Å². The zero-order chi connectivity index (χ0) is 18.9. The Morgan fingerprint density at radius 2 is 1.85 bits per heavy atom. The number of nitrogens with one attached hydrogen (secondary N) is 1. The smallest absolute Gasteiger partial charge is 0.213 e. The van der Waals surface area contributed by atoms with E-state index in [1.54, 1.807) is 24.4 Å². The number of pyridine rings is 1. The molecule has 0 aliphatic heterocycles. The molecule has 6 heteroatoms. The molecule has 0 spiro atoms. The second-order valence-electron chi connectivity index (χ2n) is 5.86. The van der Waals surface area contributed by atoms with Crippen molar-refractivity contribution < 1.29 is 13.9 Å². The van der Waals surface area contributed by atoms with Gasteiger partial charge in [0.05, 0.1) is 0 Å². The quantitative estimate of drug-likeness (QED) is 0.545. The Balaban J connectivity index is 1.50. The lowest BCUT2D eigenvalue weighted by molar-refractivity contribution is 0.295. The number of rotatable bonds is 9. The lowest BCUT2D eigenvalue weighted by Crippen LogP contribution is -2.21. The van der Waals surface area contributed by atoms with Crippen LogP contribution in [-0.4, -0.2) is 18.1 Å². The van der Waals surface area contributed by atoms with Gasteiger partial charge in [-0.2, -0.15) is 0 Å². The van der Waals surface area contributed by atoms with Crippen LogP contribution in [0.3, 0.4) is 0 Å². The number of hydrogen-bond acceptors (Lipinski definition) is 4.